The number of aliphatic carboxylic acids is 1. The Kier molecular flexibility index (Phi) is 9.31. The first kappa shape index (κ1) is 31.6. The van der Waals surface area contributed by atoms with E-state index in [2.05, 4.69) is 10.6 Å². The summed E-state index contributed by atoms with van der Waals surface area (Å²) < 4.78 is 31.2. The SMILES string of the molecule is CC(C)(C)S(=O)(=O)CC1(OC(=O)N[C@H]2CCCCCCC3C[C@@]3(C(=O)O)NC(=O)[C@@H]3CCCN3C2=O)CCCCC1. The lowest BCUT2D eigenvalue weighted by Crippen LogP contribution is -2.57. The molecule has 0 aromatic heterocycles. The van der Waals surface area contributed by atoms with Gasteiger partial charge in [0.1, 0.15) is 23.2 Å². The number of hydrogen-bond donors (Lipinski definition) is 3. The lowest BCUT2D eigenvalue weighted by molar-refractivity contribution is -0.146. The fraction of sp³-hybridized carbons (Fsp3) is 0.862. The van der Waals surface area contributed by atoms with Gasteiger partial charge in [-0.1, -0.05) is 32.1 Å². The highest BCUT2D eigenvalue weighted by molar-refractivity contribution is 7.92. The number of sulfone groups is 1. The van der Waals surface area contributed by atoms with Crippen molar-refractivity contribution < 1.29 is 37.4 Å². The van der Waals surface area contributed by atoms with Crippen LogP contribution in [0, 0.1) is 5.92 Å². The molecule has 0 bridgehead atoms. The summed E-state index contributed by atoms with van der Waals surface area (Å²) in [5.41, 5.74) is -2.41. The van der Waals surface area contributed by atoms with Crippen LogP contribution < -0.4 is 10.6 Å². The van der Waals surface area contributed by atoms with Crippen LogP contribution in [-0.4, -0.2) is 82.6 Å². The Bertz CT molecular complexity index is 1130. The maximum absolute atomic E-state index is 13.8. The highest BCUT2D eigenvalue weighted by Gasteiger charge is 2.61. The highest BCUT2D eigenvalue weighted by Crippen LogP contribution is 2.47. The van der Waals surface area contributed by atoms with Gasteiger partial charge in [0.15, 0.2) is 9.84 Å². The fourth-order valence-corrected chi connectivity index (χ4v) is 8.18. The molecule has 2 heterocycles. The summed E-state index contributed by atoms with van der Waals surface area (Å²) in [6.45, 7) is 5.24. The van der Waals surface area contributed by atoms with Crippen LogP contribution >= 0.6 is 0 Å². The number of hydrogen-bond acceptors (Lipinski definition) is 7. The molecule has 2 saturated heterocycles. The molecule has 12 heteroatoms. The smallest absolute Gasteiger partial charge is 0.408 e. The molecule has 3 N–H and O–H groups in total. The molecule has 2 aliphatic heterocycles. The Balaban J connectivity index is 1.51. The van der Waals surface area contributed by atoms with Gasteiger partial charge < -0.3 is 25.4 Å². The Labute approximate surface area is 243 Å². The van der Waals surface area contributed by atoms with E-state index in [1.54, 1.807) is 20.8 Å². The lowest BCUT2D eigenvalue weighted by Gasteiger charge is -2.38. The number of alkyl carbamates (subject to hydrolysis) is 1. The van der Waals surface area contributed by atoms with Gasteiger partial charge in [-0.2, -0.15) is 0 Å². The molecule has 0 aromatic carbocycles. The second-order valence-corrected chi connectivity index (χ2v) is 16.3. The predicted octanol–water partition coefficient (Wildman–Crippen LogP) is 3.30. The monoisotopic (exact) mass is 597 g/mol. The van der Waals surface area contributed by atoms with Crippen LogP contribution in [0.1, 0.15) is 111 Å². The van der Waals surface area contributed by atoms with Crippen LogP contribution in [0.5, 0.6) is 0 Å². The van der Waals surface area contributed by atoms with Gasteiger partial charge in [-0.05, 0) is 84.5 Å². The Morgan fingerprint density at radius 1 is 1.00 bits per heavy atom. The molecular weight excluding hydrogens is 550 g/mol. The van der Waals surface area contributed by atoms with Crippen molar-refractivity contribution in [3.8, 4) is 0 Å². The van der Waals surface area contributed by atoms with E-state index in [4.69, 9.17) is 4.74 Å². The minimum absolute atomic E-state index is 0.101. The van der Waals surface area contributed by atoms with E-state index >= 15 is 0 Å². The van der Waals surface area contributed by atoms with E-state index in [0.29, 0.717) is 57.9 Å². The van der Waals surface area contributed by atoms with Crippen LogP contribution in [0.2, 0.25) is 0 Å². The summed E-state index contributed by atoms with van der Waals surface area (Å²) >= 11 is 0. The summed E-state index contributed by atoms with van der Waals surface area (Å²) in [5.74, 6) is -2.26. The fourth-order valence-electron chi connectivity index (χ4n) is 6.71. The summed E-state index contributed by atoms with van der Waals surface area (Å²) in [6.07, 6.45) is 8.15. The molecule has 41 heavy (non-hydrogen) atoms. The van der Waals surface area contributed by atoms with Gasteiger partial charge in [-0.3, -0.25) is 9.59 Å². The summed E-state index contributed by atoms with van der Waals surface area (Å²) in [7, 11) is -3.58. The second-order valence-electron chi connectivity index (χ2n) is 13.5. The van der Waals surface area contributed by atoms with Crippen molar-refractivity contribution in [1.82, 2.24) is 15.5 Å². The van der Waals surface area contributed by atoms with Crippen LogP contribution in [0.25, 0.3) is 0 Å². The Hall–Kier alpha value is -2.37. The number of carboxylic acid groups (broad SMARTS) is 1. The maximum atomic E-state index is 13.8. The largest absolute Gasteiger partial charge is 0.479 e. The topological polar surface area (TPSA) is 159 Å². The zero-order chi connectivity index (χ0) is 30.1. The number of fused-ring (bicyclic) bond motifs is 2. The Morgan fingerprint density at radius 2 is 1.63 bits per heavy atom. The third-order valence-electron chi connectivity index (χ3n) is 9.52. The third kappa shape index (κ3) is 7.00. The zero-order valence-electron chi connectivity index (χ0n) is 24.7. The van der Waals surface area contributed by atoms with Crippen LogP contribution in [-0.2, 0) is 29.0 Å². The van der Waals surface area contributed by atoms with Crippen LogP contribution in [0.4, 0.5) is 4.79 Å². The molecule has 4 atom stereocenters. The molecule has 0 radical (unpaired) electrons. The van der Waals surface area contributed by atoms with Crippen molar-refractivity contribution >= 4 is 33.7 Å². The van der Waals surface area contributed by atoms with E-state index in [0.717, 1.165) is 38.5 Å². The molecular formula is C29H47N3O8S. The van der Waals surface area contributed by atoms with Crippen molar-refractivity contribution in [1.29, 1.82) is 0 Å². The third-order valence-corrected chi connectivity index (χ3v) is 12.3. The maximum Gasteiger partial charge on any atom is 0.408 e. The molecule has 4 fully saturated rings. The van der Waals surface area contributed by atoms with Crippen molar-refractivity contribution in [2.24, 2.45) is 5.92 Å². The van der Waals surface area contributed by atoms with Gasteiger partial charge in [0, 0.05) is 6.54 Å². The molecule has 2 saturated carbocycles. The Morgan fingerprint density at radius 3 is 2.27 bits per heavy atom. The van der Waals surface area contributed by atoms with Gasteiger partial charge in [0.2, 0.25) is 11.8 Å². The van der Waals surface area contributed by atoms with E-state index < -0.39 is 61.7 Å². The highest BCUT2D eigenvalue weighted by atomic mass is 32.2. The number of carbonyl (C=O) groups excluding carboxylic acids is 3. The quantitative estimate of drug-likeness (QED) is 0.435. The lowest BCUT2D eigenvalue weighted by atomic mass is 9.86. The van der Waals surface area contributed by atoms with Crippen molar-refractivity contribution in [2.75, 3.05) is 12.3 Å². The number of carbonyl (C=O) groups is 4. The zero-order valence-corrected chi connectivity index (χ0v) is 25.5. The van der Waals surface area contributed by atoms with Crippen molar-refractivity contribution in [3.63, 3.8) is 0 Å². The number of amides is 3. The van der Waals surface area contributed by atoms with Gasteiger partial charge >= 0.3 is 12.1 Å². The van der Waals surface area contributed by atoms with Gasteiger partial charge in [-0.25, -0.2) is 18.0 Å². The number of nitrogens with zero attached hydrogens (tertiary/aromatic N) is 1. The summed E-state index contributed by atoms with van der Waals surface area (Å²) in [6, 6.07) is -1.73. The van der Waals surface area contributed by atoms with Gasteiger partial charge in [0.25, 0.3) is 0 Å². The minimum Gasteiger partial charge on any atom is -0.479 e. The summed E-state index contributed by atoms with van der Waals surface area (Å²) in [5, 5.41) is 15.4. The first-order chi connectivity index (χ1) is 19.2. The number of nitrogens with one attached hydrogen (secondary N) is 2. The van der Waals surface area contributed by atoms with E-state index in [-0.39, 0.29) is 11.7 Å². The minimum atomic E-state index is -3.58. The number of ether oxygens (including phenoxy) is 1. The predicted molar refractivity (Wildman–Crippen MR) is 152 cm³/mol. The van der Waals surface area contributed by atoms with E-state index in [1.807, 2.05) is 0 Å². The first-order valence-corrected chi connectivity index (χ1v) is 16.9. The van der Waals surface area contributed by atoms with Crippen molar-refractivity contribution in [2.45, 2.75) is 139 Å². The molecule has 0 aromatic rings. The van der Waals surface area contributed by atoms with Crippen molar-refractivity contribution in [3.05, 3.63) is 0 Å². The molecule has 1 unspecified atom stereocenters. The standard InChI is InChI=1S/C29H47N3O8S/c1-27(2,3)41(38,39)19-28(15-9-6-10-16-28)40-26(37)30-21-13-8-5-4-7-12-20-18-29(20,25(35)36)31-23(33)22-14-11-17-32(22)24(21)34/h20-22H,4-19H2,1-3H3,(H,30,37)(H,31,33)(H,35,36)/t20?,21-,22-,29+/m0/s1. The molecule has 11 nitrogen and oxygen atoms in total. The van der Waals surface area contributed by atoms with Gasteiger partial charge in [-0.15, -0.1) is 0 Å². The van der Waals surface area contributed by atoms with E-state index in [9.17, 15) is 32.7 Å². The molecule has 3 amide bonds. The molecule has 232 valence electrons. The average molecular weight is 598 g/mol. The van der Waals surface area contributed by atoms with E-state index in [1.165, 1.54) is 4.90 Å². The number of carboxylic acids is 1. The first-order valence-electron chi connectivity index (χ1n) is 15.3. The summed E-state index contributed by atoms with van der Waals surface area (Å²) in [4.78, 5) is 53.9. The van der Waals surface area contributed by atoms with Crippen LogP contribution in [0.15, 0.2) is 0 Å². The molecule has 4 aliphatic rings. The number of rotatable bonds is 5. The van der Waals surface area contributed by atoms with Crippen LogP contribution in [0.3, 0.4) is 0 Å². The normalized spacial score (nSPS) is 31.2. The molecule has 2 aliphatic carbocycles. The molecule has 4 rings (SSSR count). The van der Waals surface area contributed by atoms with Gasteiger partial charge in [0.05, 0.1) is 10.5 Å². The second kappa shape index (κ2) is 12.1. The molecule has 0 spiro atoms. The average Bonchev–Trinajstić information content (AvgIpc) is 3.34.